The van der Waals surface area contributed by atoms with Crippen LogP contribution in [0.1, 0.15) is 29.3 Å². The van der Waals surface area contributed by atoms with Gasteiger partial charge in [0.15, 0.2) is 10.2 Å². The summed E-state index contributed by atoms with van der Waals surface area (Å²) in [5, 5.41) is 9.41. The molecule has 0 fully saturated rings. The molecule has 3 N–H and O–H groups in total. The molecule has 0 atom stereocenters. The van der Waals surface area contributed by atoms with Gasteiger partial charge >= 0.3 is 0 Å². The van der Waals surface area contributed by atoms with Crippen molar-refractivity contribution in [1.82, 2.24) is 10.3 Å². The molecular weight excluding hydrogens is 416 g/mol. The van der Waals surface area contributed by atoms with Gasteiger partial charge in [-0.3, -0.25) is 14.9 Å². The highest BCUT2D eigenvalue weighted by Gasteiger charge is 2.13. The van der Waals surface area contributed by atoms with Gasteiger partial charge in [0.1, 0.15) is 0 Å². The van der Waals surface area contributed by atoms with Crippen LogP contribution in [0.15, 0.2) is 36.4 Å². The summed E-state index contributed by atoms with van der Waals surface area (Å²) in [5.41, 5.74) is 2.79. The standard InChI is InChI=1S/C19H17ClN4O2S2/c1-3-16(25)23-19-22-14-7-5-11(9-15(14)28-19)21-18(27)24-17(26)12-6-4-10(2)8-13(12)20/h4-9H,3H2,1-2H3,(H,22,23,25)(H2,21,24,26,27). The van der Waals surface area contributed by atoms with Crippen LogP contribution in [0, 0.1) is 6.92 Å². The summed E-state index contributed by atoms with van der Waals surface area (Å²) in [6, 6.07) is 10.7. The zero-order chi connectivity index (χ0) is 20.3. The average molecular weight is 433 g/mol. The van der Waals surface area contributed by atoms with Gasteiger partial charge in [-0.1, -0.05) is 35.9 Å². The van der Waals surface area contributed by atoms with Gasteiger partial charge in [-0.25, -0.2) is 4.98 Å². The van der Waals surface area contributed by atoms with E-state index >= 15 is 0 Å². The fourth-order valence-corrected chi connectivity index (χ4v) is 3.85. The van der Waals surface area contributed by atoms with E-state index in [1.807, 2.05) is 25.1 Å². The van der Waals surface area contributed by atoms with Crippen molar-refractivity contribution >= 4 is 73.1 Å². The molecule has 9 heteroatoms. The van der Waals surface area contributed by atoms with Gasteiger partial charge in [-0.2, -0.15) is 0 Å². The molecule has 2 aromatic carbocycles. The molecule has 0 unspecified atom stereocenters. The van der Waals surface area contributed by atoms with Gasteiger partial charge in [0.2, 0.25) is 5.91 Å². The molecule has 1 heterocycles. The summed E-state index contributed by atoms with van der Waals surface area (Å²) in [6.45, 7) is 3.68. The number of fused-ring (bicyclic) bond motifs is 1. The number of nitrogens with one attached hydrogen (secondary N) is 3. The maximum Gasteiger partial charge on any atom is 0.258 e. The van der Waals surface area contributed by atoms with Gasteiger partial charge in [-0.05, 0) is 55.0 Å². The van der Waals surface area contributed by atoms with Crippen LogP contribution in [0.4, 0.5) is 10.8 Å². The lowest BCUT2D eigenvalue weighted by Crippen LogP contribution is -2.34. The lowest BCUT2D eigenvalue weighted by Gasteiger charge is -2.10. The van der Waals surface area contributed by atoms with Crippen LogP contribution in [0.5, 0.6) is 0 Å². The molecule has 0 spiro atoms. The van der Waals surface area contributed by atoms with Gasteiger partial charge in [0, 0.05) is 12.1 Å². The van der Waals surface area contributed by atoms with Crippen molar-refractivity contribution in [1.29, 1.82) is 0 Å². The predicted molar refractivity (Wildman–Crippen MR) is 118 cm³/mol. The first kappa shape index (κ1) is 20.2. The minimum Gasteiger partial charge on any atom is -0.332 e. The number of amides is 2. The van der Waals surface area contributed by atoms with E-state index in [-0.39, 0.29) is 16.9 Å². The monoisotopic (exact) mass is 432 g/mol. The Labute approximate surface area is 176 Å². The highest BCUT2D eigenvalue weighted by Crippen LogP contribution is 2.28. The van der Waals surface area contributed by atoms with Gasteiger partial charge in [0.25, 0.3) is 5.91 Å². The van der Waals surface area contributed by atoms with Crippen LogP contribution in [-0.4, -0.2) is 21.9 Å². The predicted octanol–water partition coefficient (Wildman–Crippen LogP) is 4.73. The summed E-state index contributed by atoms with van der Waals surface area (Å²) >= 11 is 12.7. The Balaban J connectivity index is 1.68. The average Bonchev–Trinajstić information content (AvgIpc) is 3.02. The molecule has 144 valence electrons. The summed E-state index contributed by atoms with van der Waals surface area (Å²) < 4.78 is 0.882. The number of rotatable bonds is 4. The third kappa shape index (κ3) is 4.83. The molecule has 3 rings (SSSR count). The number of halogens is 1. The highest BCUT2D eigenvalue weighted by molar-refractivity contribution is 7.80. The third-order valence-electron chi connectivity index (χ3n) is 3.81. The van der Waals surface area contributed by atoms with Crippen molar-refractivity contribution in [2.45, 2.75) is 20.3 Å². The van der Waals surface area contributed by atoms with Crippen molar-refractivity contribution in [2.24, 2.45) is 0 Å². The molecule has 28 heavy (non-hydrogen) atoms. The molecule has 0 saturated heterocycles. The molecule has 2 amide bonds. The van der Waals surface area contributed by atoms with Crippen LogP contribution < -0.4 is 16.0 Å². The second-order valence-electron chi connectivity index (χ2n) is 5.99. The molecule has 0 bridgehead atoms. The van der Waals surface area contributed by atoms with Crippen molar-refractivity contribution in [3.63, 3.8) is 0 Å². The normalized spacial score (nSPS) is 10.5. The highest BCUT2D eigenvalue weighted by atomic mass is 35.5. The van der Waals surface area contributed by atoms with Crippen LogP contribution in [-0.2, 0) is 4.79 Å². The summed E-state index contributed by atoms with van der Waals surface area (Å²) in [5.74, 6) is -0.470. The second-order valence-corrected chi connectivity index (χ2v) is 7.84. The number of aryl methyl sites for hydroxylation is 1. The zero-order valence-electron chi connectivity index (χ0n) is 15.1. The Kier molecular flexibility index (Phi) is 6.23. The molecule has 0 radical (unpaired) electrons. The summed E-state index contributed by atoms with van der Waals surface area (Å²) in [6.07, 6.45) is 0.391. The second kappa shape index (κ2) is 8.64. The van der Waals surface area contributed by atoms with E-state index in [9.17, 15) is 9.59 Å². The van der Waals surface area contributed by atoms with Gasteiger partial charge < -0.3 is 10.6 Å². The Morgan fingerprint density at radius 2 is 1.96 bits per heavy atom. The number of carbonyl (C=O) groups excluding carboxylic acids is 2. The first-order valence-corrected chi connectivity index (χ1v) is 10.0. The van der Waals surface area contributed by atoms with E-state index in [1.165, 1.54) is 11.3 Å². The number of aromatic nitrogens is 1. The fraction of sp³-hybridized carbons (Fsp3) is 0.158. The summed E-state index contributed by atoms with van der Waals surface area (Å²) in [4.78, 5) is 28.2. The SMILES string of the molecule is CCC(=O)Nc1nc2ccc(NC(=S)NC(=O)c3ccc(C)cc3Cl)cc2s1. The Morgan fingerprint density at radius 1 is 1.18 bits per heavy atom. The van der Waals surface area contributed by atoms with Crippen molar-refractivity contribution in [2.75, 3.05) is 10.6 Å². The van der Waals surface area contributed by atoms with Gasteiger partial charge in [0.05, 0.1) is 20.8 Å². The van der Waals surface area contributed by atoms with E-state index in [2.05, 4.69) is 20.9 Å². The minimum absolute atomic E-state index is 0.0870. The van der Waals surface area contributed by atoms with Crippen LogP contribution in [0.25, 0.3) is 10.2 Å². The van der Waals surface area contributed by atoms with Crippen LogP contribution in [0.2, 0.25) is 5.02 Å². The number of nitrogens with zero attached hydrogens (tertiary/aromatic N) is 1. The molecule has 0 aliphatic rings. The van der Waals surface area contributed by atoms with E-state index < -0.39 is 0 Å². The Morgan fingerprint density at radius 3 is 2.68 bits per heavy atom. The number of benzene rings is 2. The maximum absolute atomic E-state index is 12.4. The topological polar surface area (TPSA) is 83.1 Å². The molecular formula is C19H17ClN4O2S2. The van der Waals surface area contributed by atoms with E-state index in [0.29, 0.717) is 27.8 Å². The Bertz CT molecular complexity index is 1080. The number of hydrogen-bond donors (Lipinski definition) is 3. The van der Waals surface area contributed by atoms with Crippen LogP contribution in [0.3, 0.4) is 0 Å². The molecule has 0 aliphatic carbocycles. The lowest BCUT2D eigenvalue weighted by atomic mass is 10.1. The van der Waals surface area contributed by atoms with Crippen molar-refractivity contribution in [3.8, 4) is 0 Å². The molecule has 3 aromatic rings. The minimum atomic E-state index is -0.383. The quantitative estimate of drug-likeness (QED) is 0.519. The lowest BCUT2D eigenvalue weighted by molar-refractivity contribution is -0.115. The van der Waals surface area contributed by atoms with E-state index in [0.717, 1.165) is 15.8 Å². The number of thiazole rings is 1. The number of hydrogen-bond acceptors (Lipinski definition) is 5. The number of thiocarbonyl (C=S) groups is 1. The molecule has 0 saturated carbocycles. The number of anilines is 2. The smallest absolute Gasteiger partial charge is 0.258 e. The Hall–Kier alpha value is -2.55. The third-order valence-corrected chi connectivity index (χ3v) is 5.26. The first-order chi connectivity index (χ1) is 13.4. The van der Waals surface area contributed by atoms with E-state index in [1.54, 1.807) is 25.1 Å². The molecule has 6 nitrogen and oxygen atoms in total. The van der Waals surface area contributed by atoms with Crippen LogP contribution >= 0.6 is 35.2 Å². The van der Waals surface area contributed by atoms with Crippen molar-refractivity contribution < 1.29 is 9.59 Å². The largest absolute Gasteiger partial charge is 0.332 e. The molecule has 0 aliphatic heterocycles. The number of carbonyl (C=O) groups is 2. The molecule has 1 aromatic heterocycles. The van der Waals surface area contributed by atoms with Crippen molar-refractivity contribution in [3.05, 3.63) is 52.5 Å². The summed E-state index contributed by atoms with van der Waals surface area (Å²) in [7, 11) is 0. The van der Waals surface area contributed by atoms with E-state index in [4.69, 9.17) is 23.8 Å². The van der Waals surface area contributed by atoms with Gasteiger partial charge in [-0.15, -0.1) is 0 Å². The fourth-order valence-electron chi connectivity index (χ4n) is 2.40. The zero-order valence-corrected chi connectivity index (χ0v) is 17.5. The first-order valence-electron chi connectivity index (χ1n) is 8.44. The maximum atomic E-state index is 12.4.